The standard InChI is InChI=1S/C39H50N2O6S2/c1-3-46-37(44)39(38(45)47-4-2,19-11-17-32-30-22-35(43)40(31(30)26-49-32)23-27-13-7-5-8-14-27)20-12-18-33-36-29(25-48-33)21-34(42)41(36)24-28-15-9-6-10-16-28/h5-10,13-16,29-33,36H,3-4,11-12,17-26H2,1-2H3/t29-,30-,31-,32?,33?,36-/m0/s1. The number of hydrogen-bond acceptors (Lipinski definition) is 8. The number of nitrogens with zero attached hydrogens (tertiary/aromatic N) is 2. The van der Waals surface area contributed by atoms with Crippen LogP contribution < -0.4 is 0 Å². The molecule has 2 aromatic carbocycles. The Hall–Kier alpha value is -2.98. The first-order valence-electron chi connectivity index (χ1n) is 18.1. The maximum Gasteiger partial charge on any atom is 0.323 e. The number of thioether (sulfide) groups is 2. The van der Waals surface area contributed by atoms with Crippen molar-refractivity contribution in [2.24, 2.45) is 17.3 Å². The van der Waals surface area contributed by atoms with Gasteiger partial charge in [0.25, 0.3) is 0 Å². The number of carbonyl (C=O) groups excluding carboxylic acids is 4. The van der Waals surface area contributed by atoms with Crippen molar-refractivity contribution in [3.63, 3.8) is 0 Å². The van der Waals surface area contributed by atoms with E-state index in [0.717, 1.165) is 35.5 Å². The predicted octanol–water partition coefficient (Wildman–Crippen LogP) is 6.51. The molecule has 4 aliphatic rings. The van der Waals surface area contributed by atoms with Gasteiger partial charge in [-0.1, -0.05) is 73.5 Å². The monoisotopic (exact) mass is 706 g/mol. The fraction of sp³-hybridized carbons (Fsp3) is 0.590. The zero-order valence-electron chi connectivity index (χ0n) is 28.8. The lowest BCUT2D eigenvalue weighted by molar-refractivity contribution is -0.173. The molecule has 0 N–H and O–H groups in total. The third-order valence-corrected chi connectivity index (χ3v) is 14.1. The Balaban J connectivity index is 1.10. The van der Waals surface area contributed by atoms with Gasteiger partial charge in [0, 0.05) is 60.2 Å². The third kappa shape index (κ3) is 7.85. The first-order valence-corrected chi connectivity index (χ1v) is 20.2. The first-order chi connectivity index (χ1) is 23.8. The average Bonchev–Trinajstić information content (AvgIpc) is 3.84. The van der Waals surface area contributed by atoms with Crippen LogP contribution in [0.4, 0.5) is 0 Å². The molecule has 0 saturated carbocycles. The molecule has 4 saturated heterocycles. The van der Waals surface area contributed by atoms with Gasteiger partial charge in [-0.25, -0.2) is 0 Å². The SMILES string of the molecule is CCOC(=O)C(CCCC1SC[C@H]2[C@@H]1CC(=O)N2Cc1ccccc1)(CCCC1SC[C@@H]2CC(=O)N(Cc3ccccc3)[C@H]12)C(=O)OCC. The Morgan fingerprint density at radius 2 is 1.27 bits per heavy atom. The van der Waals surface area contributed by atoms with Crippen LogP contribution in [0.25, 0.3) is 0 Å². The topological polar surface area (TPSA) is 93.2 Å². The number of esters is 2. The summed E-state index contributed by atoms with van der Waals surface area (Å²) in [7, 11) is 0. The number of rotatable bonds is 16. The summed E-state index contributed by atoms with van der Waals surface area (Å²) >= 11 is 3.84. The van der Waals surface area contributed by atoms with Gasteiger partial charge < -0.3 is 19.3 Å². The third-order valence-electron chi connectivity index (χ3n) is 11.0. The molecular formula is C39H50N2O6S2. The minimum Gasteiger partial charge on any atom is -0.465 e. The number of fused-ring (bicyclic) bond motifs is 2. The van der Waals surface area contributed by atoms with Crippen LogP contribution in [-0.4, -0.2) is 80.9 Å². The number of benzene rings is 2. The second-order valence-electron chi connectivity index (χ2n) is 14.0. The molecule has 264 valence electrons. The summed E-state index contributed by atoms with van der Waals surface area (Å²) in [6, 6.07) is 20.7. The van der Waals surface area contributed by atoms with Gasteiger partial charge >= 0.3 is 11.9 Å². The molecule has 6 rings (SSSR count). The number of amides is 2. The molecule has 0 radical (unpaired) electrons. The Kier molecular flexibility index (Phi) is 12.0. The molecule has 10 heteroatoms. The van der Waals surface area contributed by atoms with E-state index in [2.05, 4.69) is 34.1 Å². The normalized spacial score (nSPS) is 26.2. The van der Waals surface area contributed by atoms with Crippen LogP contribution in [-0.2, 0) is 41.7 Å². The molecule has 0 spiro atoms. The lowest BCUT2D eigenvalue weighted by atomic mass is 9.77. The Labute approximate surface area is 299 Å². The van der Waals surface area contributed by atoms with Crippen molar-refractivity contribution in [2.75, 3.05) is 24.7 Å². The molecule has 6 atom stereocenters. The van der Waals surface area contributed by atoms with Crippen LogP contribution in [0.15, 0.2) is 60.7 Å². The van der Waals surface area contributed by atoms with E-state index in [9.17, 15) is 19.2 Å². The van der Waals surface area contributed by atoms with Crippen molar-refractivity contribution in [3.8, 4) is 0 Å². The summed E-state index contributed by atoms with van der Waals surface area (Å²) in [4.78, 5) is 57.7. The van der Waals surface area contributed by atoms with Crippen molar-refractivity contribution >= 4 is 47.3 Å². The highest BCUT2D eigenvalue weighted by atomic mass is 32.2. The van der Waals surface area contributed by atoms with Gasteiger partial charge in [0.2, 0.25) is 11.8 Å². The number of carbonyl (C=O) groups is 4. The van der Waals surface area contributed by atoms with Gasteiger partial charge in [0.15, 0.2) is 5.41 Å². The average molecular weight is 707 g/mol. The van der Waals surface area contributed by atoms with Crippen LogP contribution >= 0.6 is 23.5 Å². The molecule has 2 amide bonds. The molecule has 49 heavy (non-hydrogen) atoms. The number of likely N-dealkylation sites (tertiary alicyclic amines) is 2. The molecule has 2 unspecified atom stereocenters. The van der Waals surface area contributed by atoms with Crippen LogP contribution in [0.3, 0.4) is 0 Å². The Morgan fingerprint density at radius 3 is 1.86 bits per heavy atom. The molecular weight excluding hydrogens is 657 g/mol. The van der Waals surface area contributed by atoms with Crippen molar-refractivity contribution < 1.29 is 28.7 Å². The van der Waals surface area contributed by atoms with Gasteiger partial charge in [0.05, 0.1) is 13.2 Å². The largest absolute Gasteiger partial charge is 0.465 e. The highest BCUT2D eigenvalue weighted by molar-refractivity contribution is 8.00. The summed E-state index contributed by atoms with van der Waals surface area (Å²) in [5.74, 6) is 1.94. The highest BCUT2D eigenvalue weighted by Gasteiger charge is 2.52. The second kappa shape index (κ2) is 16.4. The lowest BCUT2D eigenvalue weighted by Gasteiger charge is -2.32. The van der Waals surface area contributed by atoms with Crippen molar-refractivity contribution in [3.05, 3.63) is 71.8 Å². The van der Waals surface area contributed by atoms with E-state index in [-0.39, 0.29) is 48.3 Å². The summed E-state index contributed by atoms with van der Waals surface area (Å²) in [6.45, 7) is 5.19. The highest BCUT2D eigenvalue weighted by Crippen LogP contribution is 2.47. The zero-order valence-corrected chi connectivity index (χ0v) is 30.4. The fourth-order valence-corrected chi connectivity index (χ4v) is 12.0. The lowest BCUT2D eigenvalue weighted by Crippen LogP contribution is -2.43. The minimum absolute atomic E-state index is 0.167. The van der Waals surface area contributed by atoms with Crippen LogP contribution in [0.5, 0.6) is 0 Å². The Bertz CT molecular complexity index is 1440. The summed E-state index contributed by atoms with van der Waals surface area (Å²) in [5.41, 5.74) is 0.916. The van der Waals surface area contributed by atoms with Crippen molar-refractivity contribution in [2.45, 2.75) is 101 Å². The second-order valence-corrected chi connectivity index (χ2v) is 16.5. The first kappa shape index (κ1) is 35.8. The van der Waals surface area contributed by atoms with Crippen molar-refractivity contribution in [1.82, 2.24) is 9.80 Å². The summed E-state index contributed by atoms with van der Waals surface area (Å²) in [6.07, 6.45) is 4.85. The maximum atomic E-state index is 13.7. The number of ether oxygens (including phenoxy) is 2. The molecule has 2 aromatic rings. The molecule has 0 aromatic heterocycles. The van der Waals surface area contributed by atoms with E-state index in [1.807, 2.05) is 59.9 Å². The predicted molar refractivity (Wildman–Crippen MR) is 194 cm³/mol. The molecule has 8 nitrogen and oxygen atoms in total. The maximum absolute atomic E-state index is 13.7. The van der Waals surface area contributed by atoms with E-state index in [4.69, 9.17) is 9.47 Å². The van der Waals surface area contributed by atoms with Crippen LogP contribution in [0.1, 0.15) is 76.3 Å². The smallest absolute Gasteiger partial charge is 0.323 e. The molecule has 4 heterocycles. The van der Waals surface area contributed by atoms with Gasteiger partial charge in [-0.3, -0.25) is 19.2 Å². The summed E-state index contributed by atoms with van der Waals surface area (Å²) < 4.78 is 11.2. The van der Waals surface area contributed by atoms with E-state index < -0.39 is 17.4 Å². The van der Waals surface area contributed by atoms with Crippen LogP contribution in [0, 0.1) is 17.3 Å². The fourth-order valence-electron chi connectivity index (χ4n) is 8.58. The van der Waals surface area contributed by atoms with E-state index in [1.54, 1.807) is 13.8 Å². The molecule has 4 aliphatic heterocycles. The van der Waals surface area contributed by atoms with E-state index in [1.165, 1.54) is 0 Å². The Morgan fingerprint density at radius 1 is 0.735 bits per heavy atom. The van der Waals surface area contributed by atoms with Gasteiger partial charge in [0.1, 0.15) is 0 Å². The molecule has 0 aliphatic carbocycles. The van der Waals surface area contributed by atoms with Crippen molar-refractivity contribution in [1.29, 1.82) is 0 Å². The molecule has 0 bridgehead atoms. The van der Waals surface area contributed by atoms with E-state index >= 15 is 0 Å². The molecule has 4 fully saturated rings. The minimum atomic E-state index is -1.36. The van der Waals surface area contributed by atoms with Gasteiger partial charge in [-0.05, 0) is 62.3 Å². The van der Waals surface area contributed by atoms with Gasteiger partial charge in [-0.2, -0.15) is 23.5 Å². The zero-order chi connectivity index (χ0) is 34.4. The van der Waals surface area contributed by atoms with Crippen LogP contribution in [0.2, 0.25) is 0 Å². The van der Waals surface area contributed by atoms with Gasteiger partial charge in [-0.15, -0.1) is 0 Å². The summed E-state index contributed by atoms with van der Waals surface area (Å²) in [5, 5.41) is 0.562. The quantitative estimate of drug-likeness (QED) is 0.144. The van der Waals surface area contributed by atoms with E-state index in [0.29, 0.717) is 62.8 Å². The number of hydrogen-bond donors (Lipinski definition) is 0.